The van der Waals surface area contributed by atoms with Crippen LogP contribution in [-0.4, -0.2) is 0 Å². The van der Waals surface area contributed by atoms with E-state index in [9.17, 15) is 0 Å². The summed E-state index contributed by atoms with van der Waals surface area (Å²) >= 11 is 0. The fraction of sp³-hybridized carbons (Fsp3) is 0.222. The van der Waals surface area contributed by atoms with Gasteiger partial charge in [-0.25, -0.2) is 0 Å². The molecular weight excluding hydrogens is 663 g/mol. The molecule has 0 aromatic heterocycles. The monoisotopic (exact) mass is 705 g/mol. The smallest absolute Gasteiger partial charge is 0.0468 e. The average molecular weight is 706 g/mol. The number of hydrogen-bond donors (Lipinski definition) is 0. The Morgan fingerprint density at radius 1 is 0.400 bits per heavy atom. The van der Waals surface area contributed by atoms with Gasteiger partial charge in [-0.3, -0.25) is 0 Å². The first-order valence-corrected chi connectivity index (χ1v) is 20.5. The second kappa shape index (κ2) is 10.3. The van der Waals surface area contributed by atoms with Crippen molar-refractivity contribution in [3.63, 3.8) is 0 Å². The molecule has 1 nitrogen and oxygen atoms in total. The van der Waals surface area contributed by atoms with E-state index >= 15 is 0 Å². The van der Waals surface area contributed by atoms with E-state index in [1.54, 1.807) is 11.1 Å². The molecule has 4 fully saturated rings. The van der Waals surface area contributed by atoms with Gasteiger partial charge in [-0.15, -0.1) is 0 Å². The van der Waals surface area contributed by atoms with Crippen LogP contribution in [0.3, 0.4) is 0 Å². The predicted octanol–water partition coefficient (Wildman–Crippen LogP) is 13.7. The van der Waals surface area contributed by atoms with Crippen LogP contribution < -0.4 is 4.90 Å². The molecule has 264 valence electrons. The summed E-state index contributed by atoms with van der Waals surface area (Å²) in [6.07, 6.45) is 4.32. The van der Waals surface area contributed by atoms with E-state index in [0.29, 0.717) is 5.41 Å². The molecule has 4 atom stereocenters. The van der Waals surface area contributed by atoms with Gasteiger partial charge in [0.25, 0.3) is 0 Å². The standard InChI is InChI=1S/C54H43N/c1-52(2)46-16-10-9-15-42(46)44-31-40(22-25-47(44)52)55(39-20-17-35(18-21-39)33-11-5-3-6-12-33)41-23-26-48-45(32-41)43-24-19-36(34-13-7-4-8-14-34)27-49(43)54(48)50-29-37-28-38-30-51(54)53(37,38)50/h3-27,31-32,37-38,50-51H,28-30H2,1-2H3. The first-order valence-electron chi connectivity index (χ1n) is 20.5. The largest absolute Gasteiger partial charge is 0.310 e. The lowest BCUT2D eigenvalue weighted by molar-refractivity contribution is -0.412. The van der Waals surface area contributed by atoms with Crippen molar-refractivity contribution in [2.45, 2.75) is 43.9 Å². The summed E-state index contributed by atoms with van der Waals surface area (Å²) in [7, 11) is 0. The Balaban J connectivity index is 0.995. The van der Waals surface area contributed by atoms with Gasteiger partial charge in [0.1, 0.15) is 0 Å². The minimum absolute atomic E-state index is 0.0293. The molecule has 0 heterocycles. The van der Waals surface area contributed by atoms with Crippen LogP contribution in [0.1, 0.15) is 55.4 Å². The Morgan fingerprint density at radius 2 is 0.909 bits per heavy atom. The molecule has 6 aliphatic carbocycles. The molecule has 4 unspecified atom stereocenters. The molecular formula is C54H43N. The minimum atomic E-state index is -0.0293. The highest BCUT2D eigenvalue weighted by Crippen LogP contribution is 2.94. The van der Waals surface area contributed by atoms with Crippen LogP contribution in [0.5, 0.6) is 0 Å². The molecule has 0 amide bonds. The van der Waals surface area contributed by atoms with E-state index in [1.807, 2.05) is 0 Å². The van der Waals surface area contributed by atoms with Crippen LogP contribution >= 0.6 is 0 Å². The number of hydrogen-bond acceptors (Lipinski definition) is 1. The SMILES string of the molecule is CC1(C)c2ccccc2-c2cc(N(c3ccc(-c4ccccc4)cc3)c3ccc4c(c3)-c3ccc(-c5ccccc5)cc3C43C4CC5CC6CC3C564)ccc21. The summed E-state index contributed by atoms with van der Waals surface area (Å²) in [6, 6.07) is 62.3. The average Bonchev–Trinajstić information content (AvgIpc) is 3.62. The molecule has 0 N–H and O–H groups in total. The predicted molar refractivity (Wildman–Crippen MR) is 226 cm³/mol. The normalized spacial score (nSPS) is 27.2. The van der Waals surface area contributed by atoms with Crippen molar-refractivity contribution in [2.75, 3.05) is 4.90 Å². The second-order valence-corrected chi connectivity index (χ2v) is 18.1. The number of fused-ring (bicyclic) bond motifs is 10. The number of benzene rings is 7. The molecule has 2 spiro atoms. The zero-order chi connectivity index (χ0) is 36.3. The lowest BCUT2D eigenvalue weighted by atomic mass is 9.11. The van der Waals surface area contributed by atoms with Crippen molar-refractivity contribution in [2.24, 2.45) is 29.1 Å². The van der Waals surface area contributed by atoms with E-state index < -0.39 is 0 Å². The van der Waals surface area contributed by atoms with Gasteiger partial charge in [-0.05, 0) is 158 Å². The molecule has 0 bridgehead atoms. The van der Waals surface area contributed by atoms with Crippen molar-refractivity contribution in [3.05, 3.63) is 186 Å². The Bertz CT molecular complexity index is 2720. The van der Waals surface area contributed by atoms with E-state index in [4.69, 9.17) is 0 Å². The summed E-state index contributed by atoms with van der Waals surface area (Å²) < 4.78 is 0. The van der Waals surface area contributed by atoms with E-state index in [1.165, 1.54) is 92.0 Å². The highest BCUT2D eigenvalue weighted by molar-refractivity contribution is 5.92. The van der Waals surface area contributed by atoms with Crippen molar-refractivity contribution in [1.82, 2.24) is 0 Å². The molecule has 13 rings (SSSR count). The van der Waals surface area contributed by atoms with Crippen LogP contribution in [0.2, 0.25) is 0 Å². The Kier molecular flexibility index (Phi) is 5.76. The molecule has 6 aliphatic rings. The third-order valence-corrected chi connectivity index (χ3v) is 16.0. The minimum Gasteiger partial charge on any atom is -0.310 e. The number of anilines is 3. The Morgan fingerprint density at radius 3 is 1.58 bits per heavy atom. The highest BCUT2D eigenvalue weighted by Gasteiger charge is 2.90. The zero-order valence-electron chi connectivity index (χ0n) is 31.5. The van der Waals surface area contributed by atoms with Gasteiger partial charge in [-0.2, -0.15) is 0 Å². The maximum Gasteiger partial charge on any atom is 0.0468 e. The fourth-order valence-corrected chi connectivity index (χ4v) is 13.7. The van der Waals surface area contributed by atoms with E-state index in [2.05, 4.69) is 183 Å². The maximum absolute atomic E-state index is 2.61. The molecule has 7 aromatic rings. The number of nitrogens with zero attached hydrogens (tertiary/aromatic N) is 1. The molecule has 0 radical (unpaired) electrons. The molecule has 0 saturated heterocycles. The summed E-state index contributed by atoms with van der Waals surface area (Å²) in [4.78, 5) is 2.51. The van der Waals surface area contributed by atoms with Gasteiger partial charge < -0.3 is 4.90 Å². The van der Waals surface area contributed by atoms with Gasteiger partial charge in [0.05, 0.1) is 0 Å². The van der Waals surface area contributed by atoms with Gasteiger partial charge in [0.2, 0.25) is 0 Å². The number of rotatable bonds is 5. The maximum atomic E-state index is 2.61. The van der Waals surface area contributed by atoms with Gasteiger partial charge in [-0.1, -0.05) is 135 Å². The van der Waals surface area contributed by atoms with Crippen molar-refractivity contribution < 1.29 is 0 Å². The summed E-state index contributed by atoms with van der Waals surface area (Å²) in [5, 5.41) is 0. The van der Waals surface area contributed by atoms with E-state index in [-0.39, 0.29) is 10.8 Å². The lowest BCUT2D eigenvalue weighted by Crippen LogP contribution is -2.88. The van der Waals surface area contributed by atoms with Gasteiger partial charge in [0, 0.05) is 27.9 Å². The quantitative estimate of drug-likeness (QED) is 0.172. The zero-order valence-corrected chi connectivity index (χ0v) is 31.5. The first kappa shape index (κ1) is 30.6. The summed E-state index contributed by atoms with van der Waals surface area (Å²) in [5.41, 5.74) is 21.2. The summed E-state index contributed by atoms with van der Waals surface area (Å²) in [6.45, 7) is 4.74. The topological polar surface area (TPSA) is 3.24 Å². The van der Waals surface area contributed by atoms with Crippen LogP contribution in [0.4, 0.5) is 17.1 Å². The molecule has 4 saturated carbocycles. The third-order valence-electron chi connectivity index (χ3n) is 16.0. The second-order valence-electron chi connectivity index (χ2n) is 18.1. The van der Waals surface area contributed by atoms with Crippen molar-refractivity contribution in [3.8, 4) is 44.5 Å². The van der Waals surface area contributed by atoms with Crippen molar-refractivity contribution in [1.29, 1.82) is 0 Å². The Hall–Kier alpha value is -5.66. The highest BCUT2D eigenvalue weighted by atomic mass is 15.1. The molecule has 7 aromatic carbocycles. The third kappa shape index (κ3) is 3.58. The fourth-order valence-electron chi connectivity index (χ4n) is 13.7. The summed E-state index contributed by atoms with van der Waals surface area (Å²) in [5.74, 6) is 3.56. The van der Waals surface area contributed by atoms with Crippen LogP contribution in [-0.2, 0) is 10.8 Å². The first-order chi connectivity index (χ1) is 27.0. The van der Waals surface area contributed by atoms with Crippen molar-refractivity contribution >= 4 is 17.1 Å². The molecule has 1 heteroatoms. The van der Waals surface area contributed by atoms with Crippen LogP contribution in [0.15, 0.2) is 164 Å². The van der Waals surface area contributed by atoms with Gasteiger partial charge >= 0.3 is 0 Å². The molecule has 55 heavy (non-hydrogen) atoms. The van der Waals surface area contributed by atoms with Crippen LogP contribution in [0.25, 0.3) is 44.5 Å². The van der Waals surface area contributed by atoms with Crippen LogP contribution in [0, 0.1) is 29.1 Å². The molecule has 0 aliphatic heterocycles. The Labute approximate surface area is 324 Å². The van der Waals surface area contributed by atoms with Gasteiger partial charge in [0.15, 0.2) is 0 Å². The van der Waals surface area contributed by atoms with E-state index in [0.717, 1.165) is 23.7 Å². The lowest BCUT2D eigenvalue weighted by Gasteiger charge is -2.92.